The molecule has 3 nitrogen and oxygen atoms in total. The number of hydrogen-bond acceptors (Lipinski definition) is 3. The SMILES string of the molecule is Cc1cccc(-c2cccc(-c3nc(-c4ccccc4)nc(-c4ccc(-c5cccc(C(=C(c6ccccc6)c6ccccc6)c6ccccc6)c5)cc4)n3)c2)c1. The highest BCUT2D eigenvalue weighted by atomic mass is 15.0. The molecular formula is C54H39N3. The summed E-state index contributed by atoms with van der Waals surface area (Å²) in [5, 5.41) is 0. The third-order valence-corrected chi connectivity index (χ3v) is 10.2. The Morgan fingerprint density at radius 3 is 1.16 bits per heavy atom. The predicted octanol–water partition coefficient (Wildman–Crippen LogP) is 13.5. The van der Waals surface area contributed by atoms with Crippen LogP contribution in [-0.4, -0.2) is 15.0 Å². The van der Waals surface area contributed by atoms with Gasteiger partial charge in [-0.1, -0.05) is 212 Å². The van der Waals surface area contributed by atoms with Gasteiger partial charge in [0.1, 0.15) is 0 Å². The van der Waals surface area contributed by atoms with Gasteiger partial charge in [-0.25, -0.2) is 15.0 Å². The van der Waals surface area contributed by atoms with Crippen LogP contribution in [-0.2, 0) is 0 Å². The summed E-state index contributed by atoms with van der Waals surface area (Å²) in [7, 11) is 0. The van der Waals surface area contributed by atoms with Gasteiger partial charge in [0.25, 0.3) is 0 Å². The normalized spacial score (nSPS) is 10.9. The van der Waals surface area contributed by atoms with Crippen molar-refractivity contribution in [3.8, 4) is 56.4 Å². The second kappa shape index (κ2) is 16.1. The van der Waals surface area contributed by atoms with Crippen LogP contribution >= 0.6 is 0 Å². The van der Waals surface area contributed by atoms with Crippen LogP contribution in [0.3, 0.4) is 0 Å². The fraction of sp³-hybridized carbons (Fsp3) is 0.0185. The van der Waals surface area contributed by atoms with Crippen molar-refractivity contribution in [3.63, 3.8) is 0 Å². The quantitative estimate of drug-likeness (QED) is 0.139. The van der Waals surface area contributed by atoms with Gasteiger partial charge >= 0.3 is 0 Å². The third-order valence-electron chi connectivity index (χ3n) is 10.2. The van der Waals surface area contributed by atoms with Crippen molar-refractivity contribution >= 4 is 11.1 Å². The highest BCUT2D eigenvalue weighted by Gasteiger charge is 2.18. The molecule has 0 aliphatic carbocycles. The van der Waals surface area contributed by atoms with E-state index in [2.05, 4.69) is 195 Å². The molecule has 9 aromatic rings. The number of benzene rings is 8. The second-order valence-electron chi connectivity index (χ2n) is 14.1. The van der Waals surface area contributed by atoms with Gasteiger partial charge < -0.3 is 0 Å². The Morgan fingerprint density at radius 1 is 0.263 bits per heavy atom. The lowest BCUT2D eigenvalue weighted by Crippen LogP contribution is -2.00. The first-order chi connectivity index (χ1) is 28.2. The van der Waals surface area contributed by atoms with Crippen LogP contribution in [0.15, 0.2) is 218 Å². The van der Waals surface area contributed by atoms with E-state index < -0.39 is 0 Å². The topological polar surface area (TPSA) is 38.7 Å². The minimum absolute atomic E-state index is 0.629. The Labute approximate surface area is 334 Å². The van der Waals surface area contributed by atoms with Gasteiger partial charge in [-0.05, 0) is 74.7 Å². The number of rotatable bonds is 9. The van der Waals surface area contributed by atoms with E-state index in [0.717, 1.165) is 50.1 Å². The number of aryl methyl sites for hydroxylation is 1. The summed E-state index contributed by atoms with van der Waals surface area (Å²) in [6.07, 6.45) is 0. The molecule has 0 aliphatic heterocycles. The number of aromatic nitrogens is 3. The number of nitrogens with zero attached hydrogens (tertiary/aromatic N) is 3. The molecule has 0 bridgehead atoms. The summed E-state index contributed by atoms with van der Waals surface area (Å²) in [5.74, 6) is 1.91. The molecule has 0 radical (unpaired) electrons. The molecule has 9 rings (SSSR count). The number of hydrogen-bond donors (Lipinski definition) is 0. The van der Waals surface area contributed by atoms with Gasteiger partial charge in [0.2, 0.25) is 0 Å². The minimum atomic E-state index is 0.629. The smallest absolute Gasteiger partial charge is 0.164 e. The van der Waals surface area contributed by atoms with Crippen LogP contribution in [0.2, 0.25) is 0 Å². The predicted molar refractivity (Wildman–Crippen MR) is 236 cm³/mol. The van der Waals surface area contributed by atoms with Gasteiger partial charge in [-0.15, -0.1) is 0 Å². The van der Waals surface area contributed by atoms with Crippen molar-refractivity contribution in [2.45, 2.75) is 6.92 Å². The molecule has 0 unspecified atom stereocenters. The zero-order valence-corrected chi connectivity index (χ0v) is 31.6. The lowest BCUT2D eigenvalue weighted by molar-refractivity contribution is 1.07. The van der Waals surface area contributed by atoms with Crippen molar-refractivity contribution in [1.82, 2.24) is 15.0 Å². The lowest BCUT2D eigenvalue weighted by Gasteiger charge is -2.19. The summed E-state index contributed by atoms with van der Waals surface area (Å²) in [6.45, 7) is 2.12. The fourth-order valence-corrected chi connectivity index (χ4v) is 7.40. The Bertz CT molecular complexity index is 2770. The van der Waals surface area contributed by atoms with Crippen LogP contribution < -0.4 is 0 Å². The van der Waals surface area contributed by atoms with Crippen LogP contribution in [0, 0.1) is 6.92 Å². The van der Waals surface area contributed by atoms with Gasteiger partial charge in [-0.2, -0.15) is 0 Å². The molecular weight excluding hydrogens is 691 g/mol. The van der Waals surface area contributed by atoms with Crippen LogP contribution in [0.25, 0.3) is 67.6 Å². The fourth-order valence-electron chi connectivity index (χ4n) is 7.40. The summed E-state index contributed by atoms with van der Waals surface area (Å²) < 4.78 is 0. The molecule has 0 atom stereocenters. The van der Waals surface area contributed by atoms with Crippen molar-refractivity contribution in [2.24, 2.45) is 0 Å². The average Bonchev–Trinajstić information content (AvgIpc) is 3.29. The van der Waals surface area contributed by atoms with E-state index in [1.807, 2.05) is 30.3 Å². The molecule has 0 fully saturated rings. The maximum atomic E-state index is 5.07. The molecule has 0 amide bonds. The zero-order valence-electron chi connectivity index (χ0n) is 31.6. The monoisotopic (exact) mass is 729 g/mol. The molecule has 8 aromatic carbocycles. The molecule has 0 spiro atoms. The summed E-state index contributed by atoms with van der Waals surface area (Å²) in [6, 6.07) is 76.6. The standard InChI is InChI=1S/C54H39N3/c1-38-17-14-26-45(35-38)47-28-16-30-49(37-47)54-56-52(43-24-12-5-13-25-43)55-53(57-54)44-33-31-39(32-34-44)46-27-15-29-48(36-46)51(42-22-10-4-11-23-42)50(40-18-6-2-7-19-40)41-20-8-3-9-21-41/h2-37H,1H3. The first-order valence-electron chi connectivity index (χ1n) is 19.3. The average molecular weight is 730 g/mol. The molecule has 0 saturated heterocycles. The van der Waals surface area contributed by atoms with E-state index >= 15 is 0 Å². The molecule has 1 aromatic heterocycles. The Balaban J connectivity index is 1.12. The Kier molecular flexibility index (Phi) is 9.94. The molecule has 0 N–H and O–H groups in total. The maximum Gasteiger partial charge on any atom is 0.164 e. The summed E-state index contributed by atoms with van der Waals surface area (Å²) >= 11 is 0. The van der Waals surface area contributed by atoms with Crippen LogP contribution in [0.1, 0.15) is 27.8 Å². The van der Waals surface area contributed by atoms with E-state index in [4.69, 9.17) is 15.0 Å². The van der Waals surface area contributed by atoms with E-state index in [9.17, 15) is 0 Å². The van der Waals surface area contributed by atoms with Crippen molar-refractivity contribution in [3.05, 3.63) is 246 Å². The summed E-state index contributed by atoms with van der Waals surface area (Å²) in [4.78, 5) is 15.1. The largest absolute Gasteiger partial charge is 0.208 e. The highest BCUT2D eigenvalue weighted by Crippen LogP contribution is 2.38. The zero-order chi connectivity index (χ0) is 38.4. The summed E-state index contributed by atoms with van der Waals surface area (Å²) in [5.41, 5.74) is 15.6. The van der Waals surface area contributed by atoms with Crippen LogP contribution in [0.5, 0.6) is 0 Å². The second-order valence-corrected chi connectivity index (χ2v) is 14.1. The molecule has 0 saturated carbocycles. The molecule has 0 aliphatic rings. The van der Waals surface area contributed by atoms with Crippen molar-refractivity contribution in [2.75, 3.05) is 0 Å². The van der Waals surface area contributed by atoms with Crippen molar-refractivity contribution in [1.29, 1.82) is 0 Å². The van der Waals surface area contributed by atoms with E-state index in [0.29, 0.717) is 17.5 Å². The molecule has 270 valence electrons. The van der Waals surface area contributed by atoms with Gasteiger partial charge in [-0.3, -0.25) is 0 Å². The molecule has 1 heterocycles. The van der Waals surface area contributed by atoms with E-state index in [1.54, 1.807) is 0 Å². The van der Waals surface area contributed by atoms with E-state index in [1.165, 1.54) is 27.8 Å². The van der Waals surface area contributed by atoms with E-state index in [-0.39, 0.29) is 0 Å². The highest BCUT2D eigenvalue weighted by molar-refractivity contribution is 6.05. The third kappa shape index (κ3) is 7.73. The maximum absolute atomic E-state index is 5.07. The lowest BCUT2D eigenvalue weighted by atomic mass is 9.85. The van der Waals surface area contributed by atoms with Gasteiger partial charge in [0.05, 0.1) is 0 Å². The first-order valence-corrected chi connectivity index (χ1v) is 19.3. The van der Waals surface area contributed by atoms with Crippen molar-refractivity contribution < 1.29 is 0 Å². The Hall–Kier alpha value is -7.49. The van der Waals surface area contributed by atoms with Crippen LogP contribution in [0.4, 0.5) is 0 Å². The first kappa shape index (κ1) is 35.2. The van der Waals surface area contributed by atoms with Gasteiger partial charge in [0, 0.05) is 16.7 Å². The minimum Gasteiger partial charge on any atom is -0.208 e. The van der Waals surface area contributed by atoms with Gasteiger partial charge in [0.15, 0.2) is 17.5 Å². The Morgan fingerprint density at radius 2 is 0.614 bits per heavy atom. The molecule has 57 heavy (non-hydrogen) atoms. The molecule has 3 heteroatoms.